The Labute approximate surface area is 164 Å². The maximum Gasteiger partial charge on any atom is 0.244 e. The van der Waals surface area contributed by atoms with Crippen LogP contribution in [-0.4, -0.2) is 55.7 Å². The van der Waals surface area contributed by atoms with Crippen LogP contribution in [0.15, 0.2) is 58.6 Å². The summed E-state index contributed by atoms with van der Waals surface area (Å²) in [6.45, 7) is 1.12. The van der Waals surface area contributed by atoms with Gasteiger partial charge in [-0.2, -0.15) is 4.31 Å². The van der Waals surface area contributed by atoms with Crippen LogP contribution < -0.4 is 0 Å². The Balaban J connectivity index is 1.82. The monoisotopic (exact) mass is 405 g/mol. The molecule has 0 saturated carbocycles. The molecule has 0 radical (unpaired) electrons. The number of rotatable bonds is 6. The van der Waals surface area contributed by atoms with Gasteiger partial charge in [0, 0.05) is 33.4 Å². The van der Waals surface area contributed by atoms with Crippen LogP contribution in [0.4, 0.5) is 0 Å². The number of hydrogen-bond acceptors (Lipinski definition) is 5. The molecule has 0 aliphatic carbocycles. The maximum atomic E-state index is 12.6. The van der Waals surface area contributed by atoms with Crippen LogP contribution in [0.2, 0.25) is 0 Å². The van der Waals surface area contributed by atoms with Gasteiger partial charge in [-0.1, -0.05) is 42.1 Å². The lowest BCUT2D eigenvalue weighted by molar-refractivity contribution is -0.128. The SMILES string of the molecule is CN(C)C(=O)[C@@H](Sc1ccc(S(=O)(=O)N2CCCC2)cn1)c1ccccc1. The molecule has 6 nitrogen and oxygen atoms in total. The molecular weight excluding hydrogens is 382 g/mol. The highest BCUT2D eigenvalue weighted by Crippen LogP contribution is 2.35. The first-order valence-electron chi connectivity index (χ1n) is 8.78. The Morgan fingerprint density at radius 3 is 2.33 bits per heavy atom. The van der Waals surface area contributed by atoms with Gasteiger partial charge >= 0.3 is 0 Å². The van der Waals surface area contributed by atoms with Crippen LogP contribution in [0.5, 0.6) is 0 Å². The number of likely N-dealkylation sites (N-methyl/N-ethyl adjacent to an activating group) is 1. The van der Waals surface area contributed by atoms with E-state index in [1.54, 1.807) is 31.1 Å². The average molecular weight is 406 g/mol. The summed E-state index contributed by atoms with van der Waals surface area (Å²) in [5, 5.41) is 0.175. The van der Waals surface area contributed by atoms with Crippen molar-refractivity contribution in [3.05, 3.63) is 54.2 Å². The van der Waals surface area contributed by atoms with Crippen molar-refractivity contribution in [2.75, 3.05) is 27.2 Å². The standard InChI is InChI=1S/C19H23N3O3S2/c1-21(2)19(23)18(15-8-4-3-5-9-15)26-17-11-10-16(14-20-17)27(24,25)22-12-6-7-13-22/h3-5,8-11,14,18H,6-7,12-13H2,1-2H3/t18-/m0/s1. The minimum Gasteiger partial charge on any atom is -0.348 e. The summed E-state index contributed by atoms with van der Waals surface area (Å²) in [7, 11) is -0.0390. The first-order chi connectivity index (χ1) is 12.9. The molecule has 1 aromatic heterocycles. The van der Waals surface area contributed by atoms with Crippen molar-refractivity contribution in [2.24, 2.45) is 0 Å². The largest absolute Gasteiger partial charge is 0.348 e. The first-order valence-corrected chi connectivity index (χ1v) is 11.1. The van der Waals surface area contributed by atoms with E-state index in [9.17, 15) is 13.2 Å². The zero-order valence-corrected chi connectivity index (χ0v) is 17.0. The summed E-state index contributed by atoms with van der Waals surface area (Å²) in [5.41, 5.74) is 0.886. The van der Waals surface area contributed by atoms with Crippen LogP contribution in [0, 0.1) is 0 Å². The smallest absolute Gasteiger partial charge is 0.244 e. The molecule has 1 aromatic carbocycles. The minimum atomic E-state index is -3.48. The van der Waals surface area contributed by atoms with Gasteiger partial charge in [-0.25, -0.2) is 13.4 Å². The number of carbonyl (C=O) groups excluding carboxylic acids is 1. The number of amides is 1. The van der Waals surface area contributed by atoms with Crippen molar-refractivity contribution >= 4 is 27.7 Å². The topological polar surface area (TPSA) is 70.6 Å². The molecule has 0 spiro atoms. The van der Waals surface area contributed by atoms with Crippen LogP contribution in [-0.2, 0) is 14.8 Å². The highest BCUT2D eigenvalue weighted by molar-refractivity contribution is 8.00. The Morgan fingerprint density at radius 1 is 1.11 bits per heavy atom. The van der Waals surface area contributed by atoms with Gasteiger partial charge in [0.1, 0.15) is 10.1 Å². The van der Waals surface area contributed by atoms with Crippen molar-refractivity contribution in [3.8, 4) is 0 Å². The quantitative estimate of drug-likeness (QED) is 0.691. The fourth-order valence-electron chi connectivity index (χ4n) is 2.91. The third-order valence-corrected chi connectivity index (χ3v) is 7.49. The van der Waals surface area contributed by atoms with Crippen LogP contribution in [0.3, 0.4) is 0 Å². The van der Waals surface area contributed by atoms with E-state index < -0.39 is 15.3 Å². The number of thioether (sulfide) groups is 1. The van der Waals surface area contributed by atoms with E-state index in [0.717, 1.165) is 18.4 Å². The molecule has 0 bridgehead atoms. The van der Waals surface area contributed by atoms with E-state index in [4.69, 9.17) is 0 Å². The number of sulfonamides is 1. The maximum absolute atomic E-state index is 12.6. The van der Waals surface area contributed by atoms with Gasteiger partial charge in [0.2, 0.25) is 15.9 Å². The van der Waals surface area contributed by atoms with E-state index in [1.807, 2.05) is 30.3 Å². The normalized spacial score (nSPS) is 16.2. The molecule has 8 heteroatoms. The van der Waals surface area contributed by atoms with E-state index in [1.165, 1.54) is 22.3 Å². The summed E-state index contributed by atoms with van der Waals surface area (Å²) in [6.07, 6.45) is 3.18. The zero-order valence-electron chi connectivity index (χ0n) is 15.4. The third kappa shape index (κ3) is 4.51. The predicted molar refractivity (Wildman–Crippen MR) is 106 cm³/mol. The lowest BCUT2D eigenvalue weighted by atomic mass is 10.1. The predicted octanol–water partition coefficient (Wildman–Crippen LogP) is 2.79. The molecule has 0 unspecified atom stereocenters. The molecular formula is C19H23N3O3S2. The summed E-state index contributed by atoms with van der Waals surface area (Å²) < 4.78 is 26.7. The molecule has 144 valence electrons. The number of benzene rings is 1. The lowest BCUT2D eigenvalue weighted by Crippen LogP contribution is -2.28. The van der Waals surface area contributed by atoms with Crippen LogP contribution >= 0.6 is 11.8 Å². The number of carbonyl (C=O) groups is 1. The van der Waals surface area contributed by atoms with Gasteiger partial charge in [-0.05, 0) is 30.5 Å². The van der Waals surface area contributed by atoms with E-state index in [-0.39, 0.29) is 10.8 Å². The molecule has 1 saturated heterocycles. The van der Waals surface area contributed by atoms with Gasteiger partial charge < -0.3 is 4.90 Å². The number of aromatic nitrogens is 1. The van der Waals surface area contributed by atoms with E-state index >= 15 is 0 Å². The Hall–Kier alpha value is -1.90. The van der Waals surface area contributed by atoms with Gasteiger partial charge in [-0.3, -0.25) is 4.79 Å². The molecule has 1 aliphatic heterocycles. The Morgan fingerprint density at radius 2 is 1.78 bits per heavy atom. The Kier molecular flexibility index (Phi) is 6.18. The third-order valence-electron chi connectivity index (χ3n) is 4.42. The molecule has 27 heavy (non-hydrogen) atoms. The molecule has 3 rings (SSSR count). The van der Waals surface area contributed by atoms with Crippen molar-refractivity contribution in [1.82, 2.24) is 14.2 Å². The van der Waals surface area contributed by atoms with Gasteiger partial charge in [0.15, 0.2) is 0 Å². The highest BCUT2D eigenvalue weighted by atomic mass is 32.2. The van der Waals surface area contributed by atoms with Gasteiger partial charge in [0.05, 0.1) is 5.03 Å². The fraction of sp³-hybridized carbons (Fsp3) is 0.368. The van der Waals surface area contributed by atoms with Crippen molar-refractivity contribution in [2.45, 2.75) is 28.0 Å². The average Bonchev–Trinajstić information content (AvgIpc) is 3.22. The second-order valence-corrected chi connectivity index (χ2v) is 9.65. The molecule has 2 aromatic rings. The summed E-state index contributed by atoms with van der Waals surface area (Å²) in [4.78, 5) is 18.7. The van der Waals surface area contributed by atoms with E-state index in [2.05, 4.69) is 4.98 Å². The Bertz CT molecular complexity index is 878. The van der Waals surface area contributed by atoms with Crippen molar-refractivity contribution in [3.63, 3.8) is 0 Å². The molecule has 0 N–H and O–H groups in total. The number of nitrogens with zero attached hydrogens (tertiary/aromatic N) is 3. The molecule has 1 atom stereocenters. The second kappa shape index (κ2) is 8.41. The molecule has 1 aliphatic rings. The number of pyridine rings is 1. The highest BCUT2D eigenvalue weighted by Gasteiger charge is 2.28. The zero-order chi connectivity index (χ0) is 19.4. The van der Waals surface area contributed by atoms with Gasteiger partial charge in [0.25, 0.3) is 0 Å². The summed E-state index contributed by atoms with van der Waals surface area (Å²) >= 11 is 1.32. The molecule has 1 fully saturated rings. The van der Waals surface area contributed by atoms with Crippen LogP contribution in [0.1, 0.15) is 23.7 Å². The minimum absolute atomic E-state index is 0.0400. The second-order valence-electron chi connectivity index (χ2n) is 6.58. The first kappa shape index (κ1) is 19.9. The van der Waals surface area contributed by atoms with Crippen LogP contribution in [0.25, 0.3) is 0 Å². The summed E-state index contributed by atoms with van der Waals surface area (Å²) in [6, 6.07) is 12.8. The van der Waals surface area contributed by atoms with Gasteiger partial charge in [-0.15, -0.1) is 0 Å². The van der Waals surface area contributed by atoms with Crippen molar-refractivity contribution in [1.29, 1.82) is 0 Å². The molecule has 2 heterocycles. The lowest BCUT2D eigenvalue weighted by Gasteiger charge is -2.20. The molecule has 1 amide bonds. The summed E-state index contributed by atoms with van der Waals surface area (Å²) in [5.74, 6) is -0.0400. The van der Waals surface area contributed by atoms with Crippen molar-refractivity contribution < 1.29 is 13.2 Å². The number of hydrogen-bond donors (Lipinski definition) is 0. The van der Waals surface area contributed by atoms with E-state index in [0.29, 0.717) is 18.1 Å². The fourth-order valence-corrected chi connectivity index (χ4v) is 5.48.